The van der Waals surface area contributed by atoms with Crippen molar-refractivity contribution in [3.8, 4) is 11.5 Å². The highest BCUT2D eigenvalue weighted by molar-refractivity contribution is 6.32. The molecule has 0 fully saturated rings. The van der Waals surface area contributed by atoms with Crippen molar-refractivity contribution in [3.63, 3.8) is 0 Å². The number of rotatable bonds is 5. The van der Waals surface area contributed by atoms with Crippen LogP contribution < -0.4 is 4.74 Å². The largest absolute Gasteiger partial charge is 0.456 e. The summed E-state index contributed by atoms with van der Waals surface area (Å²) in [6.07, 6.45) is -4.48. The molecule has 0 aliphatic rings. The third-order valence-electron chi connectivity index (χ3n) is 3.06. The molecule has 0 amide bonds. The highest BCUT2D eigenvalue weighted by atomic mass is 35.5. The molecular weight excluding hydrogens is 347 g/mol. The van der Waals surface area contributed by atoms with Crippen LogP contribution in [0.15, 0.2) is 47.6 Å². The Balaban J connectivity index is 2.26. The SMILES string of the molecule is COCC(=NO)c1cccc(Oc2ccc(C(F)(F)F)cc2Cl)c1. The first kappa shape index (κ1) is 18.1. The molecule has 0 aliphatic carbocycles. The predicted molar refractivity (Wildman–Crippen MR) is 83.2 cm³/mol. The molecule has 0 aliphatic heterocycles. The van der Waals surface area contributed by atoms with Gasteiger partial charge in [0, 0.05) is 12.7 Å². The Morgan fingerprint density at radius 3 is 2.54 bits per heavy atom. The van der Waals surface area contributed by atoms with Crippen LogP contribution in [0.4, 0.5) is 13.2 Å². The zero-order valence-electron chi connectivity index (χ0n) is 12.5. The summed E-state index contributed by atoms with van der Waals surface area (Å²) in [6, 6.07) is 9.30. The maximum absolute atomic E-state index is 12.6. The zero-order chi connectivity index (χ0) is 17.7. The molecule has 128 valence electrons. The van der Waals surface area contributed by atoms with Crippen LogP contribution in [0.2, 0.25) is 5.02 Å². The molecule has 0 atom stereocenters. The fourth-order valence-corrected chi connectivity index (χ4v) is 2.15. The van der Waals surface area contributed by atoms with E-state index >= 15 is 0 Å². The van der Waals surface area contributed by atoms with E-state index in [1.54, 1.807) is 24.3 Å². The van der Waals surface area contributed by atoms with Crippen LogP contribution in [0.1, 0.15) is 11.1 Å². The van der Waals surface area contributed by atoms with Crippen LogP contribution in [0, 0.1) is 0 Å². The van der Waals surface area contributed by atoms with E-state index in [4.69, 9.17) is 26.3 Å². The van der Waals surface area contributed by atoms with Gasteiger partial charge in [-0.15, -0.1) is 0 Å². The van der Waals surface area contributed by atoms with Crippen LogP contribution in [0.25, 0.3) is 0 Å². The first-order valence-electron chi connectivity index (χ1n) is 6.70. The standard InChI is InChI=1S/C16H13ClF3NO3/c1-23-9-14(21-22)10-3-2-4-12(7-10)24-15-6-5-11(8-13(15)17)16(18,19)20/h2-8,22H,9H2,1H3. The lowest BCUT2D eigenvalue weighted by Crippen LogP contribution is -2.08. The van der Waals surface area contributed by atoms with Gasteiger partial charge in [-0.05, 0) is 30.3 Å². The summed E-state index contributed by atoms with van der Waals surface area (Å²) < 4.78 is 48.3. The Kier molecular flexibility index (Phi) is 5.69. The molecule has 24 heavy (non-hydrogen) atoms. The Bertz CT molecular complexity index is 748. The summed E-state index contributed by atoms with van der Waals surface area (Å²) in [4.78, 5) is 0. The van der Waals surface area contributed by atoms with E-state index in [1.807, 2.05) is 0 Å². The van der Waals surface area contributed by atoms with E-state index < -0.39 is 11.7 Å². The first-order chi connectivity index (χ1) is 11.3. The van der Waals surface area contributed by atoms with Crippen molar-refractivity contribution in [1.29, 1.82) is 0 Å². The van der Waals surface area contributed by atoms with Crippen LogP contribution in [-0.4, -0.2) is 24.6 Å². The number of nitrogens with zero attached hydrogens (tertiary/aromatic N) is 1. The number of hydrogen-bond donors (Lipinski definition) is 1. The van der Waals surface area contributed by atoms with E-state index in [2.05, 4.69) is 5.16 Å². The summed E-state index contributed by atoms with van der Waals surface area (Å²) in [5, 5.41) is 12.0. The number of oxime groups is 1. The monoisotopic (exact) mass is 359 g/mol. The molecule has 2 aromatic carbocycles. The van der Waals surface area contributed by atoms with Gasteiger partial charge in [-0.25, -0.2) is 0 Å². The third-order valence-corrected chi connectivity index (χ3v) is 3.35. The second kappa shape index (κ2) is 7.55. The molecule has 0 saturated carbocycles. The van der Waals surface area contributed by atoms with E-state index in [1.165, 1.54) is 7.11 Å². The Labute approximate surface area is 141 Å². The van der Waals surface area contributed by atoms with Gasteiger partial charge in [0.2, 0.25) is 0 Å². The zero-order valence-corrected chi connectivity index (χ0v) is 13.2. The second-order valence-electron chi connectivity index (χ2n) is 4.75. The third kappa shape index (κ3) is 4.39. The van der Waals surface area contributed by atoms with E-state index in [0.717, 1.165) is 18.2 Å². The summed E-state index contributed by atoms with van der Waals surface area (Å²) >= 11 is 5.86. The number of ether oxygens (including phenoxy) is 2. The second-order valence-corrected chi connectivity index (χ2v) is 5.16. The molecule has 4 nitrogen and oxygen atoms in total. The van der Waals surface area contributed by atoms with Crippen molar-refractivity contribution < 1.29 is 27.9 Å². The predicted octanol–water partition coefficient (Wildman–Crippen LogP) is 4.98. The first-order valence-corrected chi connectivity index (χ1v) is 7.08. The van der Waals surface area contributed by atoms with Crippen molar-refractivity contribution in [3.05, 3.63) is 58.6 Å². The molecule has 0 aromatic heterocycles. The van der Waals surface area contributed by atoms with Crippen LogP contribution >= 0.6 is 11.6 Å². The van der Waals surface area contributed by atoms with Gasteiger partial charge >= 0.3 is 6.18 Å². The highest BCUT2D eigenvalue weighted by Crippen LogP contribution is 2.36. The van der Waals surface area contributed by atoms with Crippen LogP contribution in [0.5, 0.6) is 11.5 Å². The minimum atomic E-state index is -4.48. The average molecular weight is 360 g/mol. The fraction of sp³-hybridized carbons (Fsp3) is 0.188. The maximum Gasteiger partial charge on any atom is 0.416 e. The highest BCUT2D eigenvalue weighted by Gasteiger charge is 2.31. The molecule has 2 rings (SSSR count). The lowest BCUT2D eigenvalue weighted by atomic mass is 10.1. The molecule has 8 heteroatoms. The number of benzene rings is 2. The summed E-state index contributed by atoms with van der Waals surface area (Å²) in [6.45, 7) is 0.0843. The minimum absolute atomic E-state index is 0.0797. The number of methoxy groups -OCH3 is 1. The average Bonchev–Trinajstić information content (AvgIpc) is 2.54. The summed E-state index contributed by atoms with van der Waals surface area (Å²) in [5.41, 5.74) is -0.0373. The van der Waals surface area contributed by atoms with Crippen molar-refractivity contribution in [2.24, 2.45) is 5.16 Å². The Morgan fingerprint density at radius 1 is 1.21 bits per heavy atom. The van der Waals surface area contributed by atoms with Gasteiger partial charge in [0.15, 0.2) is 0 Å². The summed E-state index contributed by atoms with van der Waals surface area (Å²) in [5.74, 6) is 0.405. The van der Waals surface area contributed by atoms with E-state index in [0.29, 0.717) is 11.3 Å². The Morgan fingerprint density at radius 2 is 1.96 bits per heavy atom. The molecule has 0 saturated heterocycles. The minimum Gasteiger partial charge on any atom is -0.456 e. The normalized spacial score (nSPS) is 12.3. The molecule has 0 spiro atoms. The number of hydrogen-bond acceptors (Lipinski definition) is 4. The van der Waals surface area contributed by atoms with Gasteiger partial charge < -0.3 is 14.7 Å². The lowest BCUT2D eigenvalue weighted by Gasteiger charge is -2.12. The molecule has 0 bridgehead atoms. The van der Waals surface area contributed by atoms with E-state index in [9.17, 15) is 13.2 Å². The number of alkyl halides is 3. The van der Waals surface area contributed by atoms with Gasteiger partial charge in [0.1, 0.15) is 17.2 Å². The number of halogens is 4. The Hall–Kier alpha value is -2.25. The molecule has 0 radical (unpaired) electrons. The van der Waals surface area contributed by atoms with Gasteiger partial charge in [-0.1, -0.05) is 28.9 Å². The van der Waals surface area contributed by atoms with Crippen molar-refractivity contribution in [2.45, 2.75) is 6.18 Å². The lowest BCUT2D eigenvalue weighted by molar-refractivity contribution is -0.137. The molecule has 0 heterocycles. The fourth-order valence-electron chi connectivity index (χ4n) is 1.93. The van der Waals surface area contributed by atoms with Gasteiger partial charge in [0.25, 0.3) is 0 Å². The quantitative estimate of drug-likeness (QED) is 0.465. The van der Waals surface area contributed by atoms with Crippen molar-refractivity contribution in [1.82, 2.24) is 0 Å². The van der Waals surface area contributed by atoms with Gasteiger partial charge in [0.05, 0.1) is 17.2 Å². The molecular formula is C16H13ClF3NO3. The van der Waals surface area contributed by atoms with Crippen LogP contribution in [0.3, 0.4) is 0 Å². The molecule has 1 N–H and O–H groups in total. The summed E-state index contributed by atoms with van der Waals surface area (Å²) in [7, 11) is 1.45. The van der Waals surface area contributed by atoms with Gasteiger partial charge in [-0.3, -0.25) is 0 Å². The topological polar surface area (TPSA) is 51.0 Å². The van der Waals surface area contributed by atoms with E-state index in [-0.39, 0.29) is 23.1 Å². The molecule has 0 unspecified atom stereocenters. The maximum atomic E-state index is 12.6. The van der Waals surface area contributed by atoms with Gasteiger partial charge in [-0.2, -0.15) is 13.2 Å². The van der Waals surface area contributed by atoms with Crippen molar-refractivity contribution in [2.75, 3.05) is 13.7 Å². The smallest absolute Gasteiger partial charge is 0.416 e. The van der Waals surface area contributed by atoms with Crippen LogP contribution in [-0.2, 0) is 10.9 Å². The molecule has 2 aromatic rings. The van der Waals surface area contributed by atoms with Crippen molar-refractivity contribution >= 4 is 17.3 Å².